The van der Waals surface area contributed by atoms with E-state index in [1.807, 2.05) is 12.1 Å². The van der Waals surface area contributed by atoms with Gasteiger partial charge in [-0.2, -0.15) is 0 Å². The summed E-state index contributed by atoms with van der Waals surface area (Å²) in [5.74, 6) is 0.500. The van der Waals surface area contributed by atoms with Gasteiger partial charge in [0, 0.05) is 16.3 Å². The van der Waals surface area contributed by atoms with E-state index >= 15 is 0 Å². The molecule has 6 heteroatoms. The normalized spacial score (nSPS) is 10.6. The van der Waals surface area contributed by atoms with Crippen LogP contribution in [0.5, 0.6) is 0 Å². The zero-order chi connectivity index (χ0) is 15.5. The number of benzene rings is 2. The molecule has 0 bridgehead atoms. The van der Waals surface area contributed by atoms with Crippen LogP contribution in [0.25, 0.3) is 22.6 Å². The first-order valence-electron chi connectivity index (χ1n) is 6.76. The summed E-state index contributed by atoms with van der Waals surface area (Å²) in [6, 6.07) is 12.4. The van der Waals surface area contributed by atoms with Crippen molar-refractivity contribution in [3.8, 4) is 11.5 Å². The number of hydrogen-bond acceptors (Lipinski definition) is 4. The number of nitrogens with one attached hydrogen (secondary N) is 1. The number of ether oxygens (including phenoxy) is 1. The van der Waals surface area contributed by atoms with Gasteiger partial charge in [0.15, 0.2) is 5.58 Å². The van der Waals surface area contributed by atoms with Crippen molar-refractivity contribution >= 4 is 34.5 Å². The van der Waals surface area contributed by atoms with Crippen molar-refractivity contribution < 1.29 is 13.9 Å². The predicted molar refractivity (Wildman–Crippen MR) is 85.1 cm³/mol. The predicted octanol–water partition coefficient (Wildman–Crippen LogP) is 4.72. The van der Waals surface area contributed by atoms with Gasteiger partial charge in [-0.05, 0) is 49.4 Å². The lowest BCUT2D eigenvalue weighted by molar-refractivity contribution is 0.168. The number of hydrogen-bond donors (Lipinski definition) is 1. The summed E-state index contributed by atoms with van der Waals surface area (Å²) in [6.45, 7) is 2.07. The molecule has 1 heterocycles. The number of fused-ring (bicyclic) bond motifs is 1. The molecule has 1 amide bonds. The minimum atomic E-state index is -0.497. The highest BCUT2D eigenvalue weighted by molar-refractivity contribution is 6.30. The Kier molecular flexibility index (Phi) is 3.98. The van der Waals surface area contributed by atoms with Crippen molar-refractivity contribution in [2.24, 2.45) is 0 Å². The van der Waals surface area contributed by atoms with Crippen LogP contribution in [0, 0.1) is 0 Å². The Morgan fingerprint density at radius 1 is 1.27 bits per heavy atom. The highest BCUT2D eigenvalue weighted by atomic mass is 35.5. The van der Waals surface area contributed by atoms with E-state index < -0.39 is 6.09 Å². The van der Waals surface area contributed by atoms with E-state index in [1.54, 1.807) is 37.3 Å². The van der Waals surface area contributed by atoms with Crippen molar-refractivity contribution in [3.63, 3.8) is 0 Å². The molecule has 0 atom stereocenters. The monoisotopic (exact) mass is 316 g/mol. The van der Waals surface area contributed by atoms with Crippen molar-refractivity contribution in [1.82, 2.24) is 4.98 Å². The van der Waals surface area contributed by atoms with Gasteiger partial charge in [0.1, 0.15) is 5.52 Å². The van der Waals surface area contributed by atoms with Gasteiger partial charge in [0.25, 0.3) is 0 Å². The van der Waals surface area contributed by atoms with Crippen LogP contribution in [0.2, 0.25) is 5.02 Å². The summed E-state index contributed by atoms with van der Waals surface area (Å²) in [6.07, 6.45) is -0.497. The van der Waals surface area contributed by atoms with Gasteiger partial charge in [-0.1, -0.05) is 11.6 Å². The molecule has 0 radical (unpaired) electrons. The Balaban J connectivity index is 1.90. The first kappa shape index (κ1) is 14.4. The van der Waals surface area contributed by atoms with Crippen LogP contribution < -0.4 is 5.32 Å². The van der Waals surface area contributed by atoms with Gasteiger partial charge in [-0.15, -0.1) is 0 Å². The Morgan fingerprint density at radius 3 is 2.77 bits per heavy atom. The van der Waals surface area contributed by atoms with E-state index in [9.17, 15) is 4.79 Å². The van der Waals surface area contributed by atoms with Gasteiger partial charge in [-0.3, -0.25) is 5.32 Å². The lowest BCUT2D eigenvalue weighted by Crippen LogP contribution is -2.13. The minimum absolute atomic E-state index is 0.318. The number of nitrogens with zero attached hydrogens (tertiary/aromatic N) is 1. The zero-order valence-corrected chi connectivity index (χ0v) is 12.6. The van der Waals surface area contributed by atoms with Crippen molar-refractivity contribution in [2.45, 2.75) is 6.92 Å². The molecule has 1 aromatic heterocycles. The quantitative estimate of drug-likeness (QED) is 0.759. The molecule has 3 aromatic rings. The third-order valence-electron chi connectivity index (χ3n) is 3.00. The van der Waals surface area contributed by atoms with E-state index in [-0.39, 0.29) is 0 Å². The van der Waals surface area contributed by atoms with Crippen LogP contribution in [0.3, 0.4) is 0 Å². The van der Waals surface area contributed by atoms with E-state index in [0.29, 0.717) is 34.3 Å². The molecule has 0 aliphatic heterocycles. The van der Waals surface area contributed by atoms with Crippen molar-refractivity contribution in [3.05, 3.63) is 47.5 Å². The second-order valence-corrected chi connectivity index (χ2v) is 4.99. The van der Waals surface area contributed by atoms with E-state index in [2.05, 4.69) is 10.3 Å². The molecule has 0 fully saturated rings. The van der Waals surface area contributed by atoms with Crippen molar-refractivity contribution in [2.75, 3.05) is 11.9 Å². The number of carbonyl (C=O) groups excluding carboxylic acids is 1. The van der Waals surface area contributed by atoms with Gasteiger partial charge < -0.3 is 9.15 Å². The molecule has 5 nitrogen and oxygen atoms in total. The maximum Gasteiger partial charge on any atom is 0.411 e. The molecule has 112 valence electrons. The van der Waals surface area contributed by atoms with E-state index in [1.165, 1.54) is 0 Å². The van der Waals surface area contributed by atoms with Crippen LogP contribution in [0.1, 0.15) is 6.92 Å². The number of halogens is 1. The average molecular weight is 317 g/mol. The largest absolute Gasteiger partial charge is 0.450 e. The molecule has 1 N–H and O–H groups in total. The van der Waals surface area contributed by atoms with Crippen LogP contribution in [0.15, 0.2) is 46.9 Å². The third kappa shape index (κ3) is 3.04. The first-order valence-corrected chi connectivity index (χ1v) is 7.14. The zero-order valence-electron chi connectivity index (χ0n) is 11.8. The maximum atomic E-state index is 11.4. The van der Waals surface area contributed by atoms with E-state index in [4.69, 9.17) is 20.8 Å². The number of amides is 1. The second-order valence-electron chi connectivity index (χ2n) is 4.55. The number of carbonyl (C=O) groups is 1. The van der Waals surface area contributed by atoms with Crippen LogP contribution in [-0.2, 0) is 4.74 Å². The number of aromatic nitrogens is 1. The van der Waals surface area contributed by atoms with Gasteiger partial charge in [-0.25, -0.2) is 9.78 Å². The topological polar surface area (TPSA) is 64.4 Å². The molecule has 22 heavy (non-hydrogen) atoms. The van der Waals surface area contributed by atoms with Crippen LogP contribution >= 0.6 is 11.6 Å². The van der Waals surface area contributed by atoms with Gasteiger partial charge in [0.05, 0.1) is 6.61 Å². The third-order valence-corrected chi connectivity index (χ3v) is 3.25. The summed E-state index contributed by atoms with van der Waals surface area (Å²) < 4.78 is 10.5. The standard InChI is InChI=1S/C16H13ClN2O3/c1-2-21-16(20)18-12-7-8-14-13(9-12)19-15(22-14)10-3-5-11(17)6-4-10/h3-9H,2H2,1H3,(H,18,20). The molecular formula is C16H13ClN2O3. The molecule has 0 aliphatic carbocycles. The smallest absolute Gasteiger partial charge is 0.411 e. The lowest BCUT2D eigenvalue weighted by Gasteiger charge is -2.03. The van der Waals surface area contributed by atoms with Gasteiger partial charge in [0.2, 0.25) is 5.89 Å². The molecular weight excluding hydrogens is 304 g/mol. The van der Waals surface area contributed by atoms with Gasteiger partial charge >= 0.3 is 6.09 Å². The average Bonchev–Trinajstić information content (AvgIpc) is 2.91. The fraction of sp³-hybridized carbons (Fsp3) is 0.125. The van der Waals surface area contributed by atoms with Crippen LogP contribution in [0.4, 0.5) is 10.5 Å². The summed E-state index contributed by atoms with van der Waals surface area (Å²) in [5, 5.41) is 3.28. The Hall–Kier alpha value is -2.53. The Labute approximate surface area is 131 Å². The van der Waals surface area contributed by atoms with Crippen molar-refractivity contribution in [1.29, 1.82) is 0 Å². The number of oxazole rings is 1. The fourth-order valence-electron chi connectivity index (χ4n) is 2.01. The molecule has 0 saturated heterocycles. The maximum absolute atomic E-state index is 11.4. The number of anilines is 1. The lowest BCUT2D eigenvalue weighted by atomic mass is 10.2. The molecule has 0 aliphatic rings. The summed E-state index contributed by atoms with van der Waals surface area (Å²) >= 11 is 5.87. The van der Waals surface area contributed by atoms with E-state index in [0.717, 1.165) is 5.56 Å². The highest BCUT2D eigenvalue weighted by Gasteiger charge is 2.10. The van der Waals surface area contributed by atoms with Crippen LogP contribution in [-0.4, -0.2) is 17.7 Å². The fourth-order valence-corrected chi connectivity index (χ4v) is 2.13. The molecule has 2 aromatic carbocycles. The molecule has 3 rings (SSSR count). The highest BCUT2D eigenvalue weighted by Crippen LogP contribution is 2.27. The molecule has 0 saturated carbocycles. The Bertz CT molecular complexity index is 812. The summed E-state index contributed by atoms with van der Waals surface area (Å²) in [5.41, 5.74) is 2.72. The second kappa shape index (κ2) is 6.07. The summed E-state index contributed by atoms with van der Waals surface area (Å²) in [7, 11) is 0. The molecule has 0 spiro atoms. The number of rotatable bonds is 3. The molecule has 0 unspecified atom stereocenters. The summed E-state index contributed by atoms with van der Waals surface area (Å²) in [4.78, 5) is 15.8. The SMILES string of the molecule is CCOC(=O)Nc1ccc2oc(-c3ccc(Cl)cc3)nc2c1. The minimum Gasteiger partial charge on any atom is -0.450 e. The Morgan fingerprint density at radius 2 is 2.05 bits per heavy atom. The first-order chi connectivity index (χ1) is 10.7.